The molecule has 1 heterocycles. The molecule has 0 saturated carbocycles. The van der Waals surface area contributed by atoms with Crippen LogP contribution < -0.4 is 5.32 Å². The molecule has 2 amide bonds. The molecule has 0 aromatic heterocycles. The molecule has 4 heteroatoms. The molecule has 23 heavy (non-hydrogen) atoms. The number of nitrogens with zero attached hydrogens (tertiary/aromatic N) is 1. The second-order valence-corrected chi connectivity index (χ2v) is 6.42. The zero-order valence-corrected chi connectivity index (χ0v) is 14.5. The van der Waals surface area contributed by atoms with Crippen molar-refractivity contribution in [3.05, 3.63) is 29.8 Å². The van der Waals surface area contributed by atoms with E-state index in [-0.39, 0.29) is 17.7 Å². The number of rotatable bonds is 5. The average Bonchev–Trinajstić information content (AvgIpc) is 2.56. The third kappa shape index (κ3) is 4.34. The second-order valence-electron chi connectivity index (χ2n) is 6.42. The summed E-state index contributed by atoms with van der Waals surface area (Å²) in [6.07, 6.45) is 5.04. The first-order chi connectivity index (χ1) is 11.1. The number of likely N-dealkylation sites (tertiary alicyclic amines) is 1. The number of nitrogens with one attached hydrogen (secondary N) is 1. The van der Waals surface area contributed by atoms with Crippen LogP contribution in [0.2, 0.25) is 0 Å². The zero-order chi connectivity index (χ0) is 16.8. The first kappa shape index (κ1) is 17.5. The van der Waals surface area contributed by atoms with Gasteiger partial charge in [-0.2, -0.15) is 0 Å². The van der Waals surface area contributed by atoms with Gasteiger partial charge in [-0.3, -0.25) is 9.59 Å². The molecule has 0 aliphatic carbocycles. The van der Waals surface area contributed by atoms with Gasteiger partial charge in [0.1, 0.15) is 0 Å². The van der Waals surface area contributed by atoms with Gasteiger partial charge in [0.15, 0.2) is 0 Å². The van der Waals surface area contributed by atoms with Crippen molar-refractivity contribution in [3.8, 4) is 0 Å². The number of benzene rings is 1. The highest BCUT2D eigenvalue weighted by Crippen LogP contribution is 2.20. The lowest BCUT2D eigenvalue weighted by Gasteiger charge is -2.33. The quantitative estimate of drug-likeness (QED) is 0.890. The fraction of sp³-hybridized carbons (Fsp3) is 0.579. The molecular formula is C19H28N2O2. The van der Waals surface area contributed by atoms with Crippen LogP contribution in [0.4, 0.5) is 5.69 Å². The van der Waals surface area contributed by atoms with Gasteiger partial charge in [0.05, 0.1) is 0 Å². The van der Waals surface area contributed by atoms with Crippen LogP contribution in [0.15, 0.2) is 24.3 Å². The lowest BCUT2D eigenvalue weighted by molar-refractivity contribution is -0.120. The van der Waals surface area contributed by atoms with E-state index in [0.29, 0.717) is 11.6 Å². The molecule has 1 aliphatic heterocycles. The summed E-state index contributed by atoms with van der Waals surface area (Å²) in [6.45, 7) is 7.00. The van der Waals surface area contributed by atoms with Crippen LogP contribution in [0.3, 0.4) is 0 Å². The number of amides is 2. The number of piperidine rings is 1. The molecule has 1 atom stereocenters. The molecule has 0 spiro atoms. The van der Waals surface area contributed by atoms with E-state index in [4.69, 9.17) is 0 Å². The number of anilines is 1. The van der Waals surface area contributed by atoms with Gasteiger partial charge in [0.25, 0.3) is 5.91 Å². The molecule has 1 aliphatic rings. The van der Waals surface area contributed by atoms with Gasteiger partial charge in [0.2, 0.25) is 5.91 Å². The molecule has 1 saturated heterocycles. The third-order valence-corrected chi connectivity index (χ3v) is 4.82. The smallest absolute Gasteiger partial charge is 0.254 e. The van der Waals surface area contributed by atoms with Crippen molar-refractivity contribution in [1.29, 1.82) is 0 Å². The summed E-state index contributed by atoms with van der Waals surface area (Å²) in [7, 11) is 0. The predicted octanol–water partition coefficient (Wildman–Crippen LogP) is 4.08. The van der Waals surface area contributed by atoms with E-state index in [9.17, 15) is 9.59 Å². The van der Waals surface area contributed by atoms with E-state index in [0.717, 1.165) is 37.9 Å². The maximum atomic E-state index is 12.6. The maximum absolute atomic E-state index is 12.6. The molecule has 0 radical (unpaired) electrons. The Bertz CT molecular complexity index is 535. The van der Waals surface area contributed by atoms with Crippen LogP contribution in [-0.4, -0.2) is 29.3 Å². The van der Waals surface area contributed by atoms with Gasteiger partial charge < -0.3 is 10.2 Å². The Labute approximate surface area is 139 Å². The highest BCUT2D eigenvalue weighted by molar-refractivity contribution is 5.96. The molecule has 0 bridgehead atoms. The normalized spacial score (nSPS) is 18.1. The number of hydrogen-bond donors (Lipinski definition) is 1. The zero-order valence-electron chi connectivity index (χ0n) is 14.5. The van der Waals surface area contributed by atoms with Crippen LogP contribution in [0, 0.1) is 5.92 Å². The van der Waals surface area contributed by atoms with Crippen LogP contribution in [0.1, 0.15) is 63.2 Å². The van der Waals surface area contributed by atoms with Crippen LogP contribution >= 0.6 is 0 Å². The molecular weight excluding hydrogens is 288 g/mol. The van der Waals surface area contributed by atoms with E-state index in [2.05, 4.69) is 12.2 Å². The van der Waals surface area contributed by atoms with Crippen molar-refractivity contribution in [3.63, 3.8) is 0 Å². The van der Waals surface area contributed by atoms with Crippen LogP contribution in [0.5, 0.6) is 0 Å². The Morgan fingerprint density at radius 2 is 1.83 bits per heavy atom. The lowest BCUT2D eigenvalue weighted by Crippen LogP contribution is -2.42. The minimum Gasteiger partial charge on any atom is -0.336 e. The van der Waals surface area contributed by atoms with Gasteiger partial charge in [0, 0.05) is 29.8 Å². The Morgan fingerprint density at radius 1 is 1.17 bits per heavy atom. The topological polar surface area (TPSA) is 49.4 Å². The van der Waals surface area contributed by atoms with E-state index in [1.165, 1.54) is 6.42 Å². The van der Waals surface area contributed by atoms with Gasteiger partial charge in [-0.05, 0) is 63.3 Å². The van der Waals surface area contributed by atoms with E-state index in [1.54, 1.807) is 0 Å². The van der Waals surface area contributed by atoms with Gasteiger partial charge in [-0.1, -0.05) is 13.8 Å². The van der Waals surface area contributed by atoms with Crippen LogP contribution in [0.25, 0.3) is 0 Å². The molecule has 1 aromatic carbocycles. The monoisotopic (exact) mass is 316 g/mol. The summed E-state index contributed by atoms with van der Waals surface area (Å²) in [4.78, 5) is 26.6. The summed E-state index contributed by atoms with van der Waals surface area (Å²) in [5.41, 5.74) is 1.45. The van der Waals surface area contributed by atoms with E-state index < -0.39 is 0 Å². The third-order valence-electron chi connectivity index (χ3n) is 4.82. The van der Waals surface area contributed by atoms with Crippen molar-refractivity contribution >= 4 is 17.5 Å². The molecule has 4 nitrogen and oxygen atoms in total. The summed E-state index contributed by atoms with van der Waals surface area (Å²) in [5, 5.41) is 2.93. The highest BCUT2D eigenvalue weighted by Gasteiger charge is 2.24. The summed E-state index contributed by atoms with van der Waals surface area (Å²) in [5.74, 6) is 0.194. The SMILES string of the molecule is CCC(CC)C(=O)Nc1ccc(C(=O)N2CCCCC2C)cc1. The van der Waals surface area contributed by atoms with Crippen molar-refractivity contribution in [2.75, 3.05) is 11.9 Å². The minimum absolute atomic E-state index is 0.0468. The fourth-order valence-corrected chi connectivity index (χ4v) is 3.17. The molecule has 2 rings (SSSR count). The predicted molar refractivity (Wildman–Crippen MR) is 93.5 cm³/mol. The van der Waals surface area contributed by atoms with Crippen molar-refractivity contribution in [2.24, 2.45) is 5.92 Å². The minimum atomic E-state index is 0.0468. The standard InChI is InChI=1S/C19H28N2O2/c1-4-15(5-2)18(22)20-17-11-9-16(10-12-17)19(23)21-13-7-6-8-14(21)3/h9-12,14-15H,4-8,13H2,1-3H3,(H,20,22). The Hall–Kier alpha value is -1.84. The summed E-state index contributed by atoms with van der Waals surface area (Å²) < 4.78 is 0. The average molecular weight is 316 g/mol. The number of carbonyl (C=O) groups excluding carboxylic acids is 2. The number of hydrogen-bond acceptors (Lipinski definition) is 2. The largest absolute Gasteiger partial charge is 0.336 e. The molecule has 1 fully saturated rings. The van der Waals surface area contributed by atoms with Crippen molar-refractivity contribution < 1.29 is 9.59 Å². The molecule has 1 N–H and O–H groups in total. The Kier molecular flexibility index (Phi) is 6.20. The first-order valence-corrected chi connectivity index (χ1v) is 8.78. The highest BCUT2D eigenvalue weighted by atomic mass is 16.2. The first-order valence-electron chi connectivity index (χ1n) is 8.78. The van der Waals surface area contributed by atoms with Gasteiger partial charge >= 0.3 is 0 Å². The Balaban J connectivity index is 2.01. The van der Waals surface area contributed by atoms with E-state index >= 15 is 0 Å². The molecule has 126 valence electrons. The van der Waals surface area contributed by atoms with Gasteiger partial charge in [-0.25, -0.2) is 0 Å². The van der Waals surface area contributed by atoms with Crippen molar-refractivity contribution in [2.45, 2.75) is 58.9 Å². The van der Waals surface area contributed by atoms with Gasteiger partial charge in [-0.15, -0.1) is 0 Å². The van der Waals surface area contributed by atoms with Crippen LogP contribution in [-0.2, 0) is 4.79 Å². The molecule has 1 unspecified atom stereocenters. The second kappa shape index (κ2) is 8.14. The number of carbonyl (C=O) groups is 2. The van der Waals surface area contributed by atoms with E-state index in [1.807, 2.05) is 43.0 Å². The fourth-order valence-electron chi connectivity index (χ4n) is 3.17. The maximum Gasteiger partial charge on any atom is 0.254 e. The summed E-state index contributed by atoms with van der Waals surface area (Å²) >= 11 is 0. The van der Waals surface area contributed by atoms with Crippen molar-refractivity contribution in [1.82, 2.24) is 4.90 Å². The lowest BCUT2D eigenvalue weighted by atomic mass is 10.0. The summed E-state index contributed by atoms with van der Waals surface area (Å²) in [6, 6.07) is 7.58. The Morgan fingerprint density at radius 3 is 2.39 bits per heavy atom. The molecule has 1 aromatic rings.